The standard InChI is InChI=1S/C18H33NO5/c1-3-4-5-6-7-8-9-10-14(2)13-16(20)19-15(18(23)24)11-12-17(21)22/h14-15H,3-13H2,1-2H3,(H,19,20)(H,21,22)(H,23,24)/t14?,15-/m0/s1. The highest BCUT2D eigenvalue weighted by Gasteiger charge is 2.21. The van der Waals surface area contributed by atoms with Crippen molar-refractivity contribution < 1.29 is 24.6 Å². The molecule has 0 saturated carbocycles. The monoisotopic (exact) mass is 343 g/mol. The Balaban J connectivity index is 3.90. The number of nitrogens with one attached hydrogen (secondary N) is 1. The first-order valence-electron chi connectivity index (χ1n) is 9.10. The molecule has 6 nitrogen and oxygen atoms in total. The van der Waals surface area contributed by atoms with E-state index < -0.39 is 18.0 Å². The molecule has 0 fully saturated rings. The van der Waals surface area contributed by atoms with E-state index in [-0.39, 0.29) is 31.1 Å². The molecule has 0 aromatic rings. The van der Waals surface area contributed by atoms with E-state index in [1.807, 2.05) is 6.92 Å². The van der Waals surface area contributed by atoms with Gasteiger partial charge in [-0.1, -0.05) is 65.2 Å². The quantitative estimate of drug-likeness (QED) is 0.394. The van der Waals surface area contributed by atoms with Crippen molar-refractivity contribution >= 4 is 17.8 Å². The molecule has 0 bridgehead atoms. The number of hydrogen-bond acceptors (Lipinski definition) is 3. The van der Waals surface area contributed by atoms with Crippen LogP contribution in [0, 0.1) is 5.92 Å². The third-order valence-corrected chi connectivity index (χ3v) is 4.11. The van der Waals surface area contributed by atoms with Gasteiger partial charge in [0.25, 0.3) is 0 Å². The normalized spacial score (nSPS) is 13.2. The summed E-state index contributed by atoms with van der Waals surface area (Å²) in [5.41, 5.74) is 0. The predicted molar refractivity (Wildman–Crippen MR) is 92.8 cm³/mol. The second-order valence-corrected chi connectivity index (χ2v) is 6.61. The number of hydrogen-bond donors (Lipinski definition) is 3. The molecule has 0 aliphatic carbocycles. The van der Waals surface area contributed by atoms with Gasteiger partial charge in [0.2, 0.25) is 5.91 Å². The van der Waals surface area contributed by atoms with Crippen molar-refractivity contribution in [2.24, 2.45) is 5.92 Å². The van der Waals surface area contributed by atoms with Crippen molar-refractivity contribution in [2.45, 2.75) is 90.5 Å². The summed E-state index contributed by atoms with van der Waals surface area (Å²) in [6.07, 6.45) is 9.46. The largest absolute Gasteiger partial charge is 0.481 e. The lowest BCUT2D eigenvalue weighted by molar-refractivity contribution is -0.143. The Bertz CT molecular complexity index is 384. The Morgan fingerprint density at radius 1 is 0.917 bits per heavy atom. The van der Waals surface area contributed by atoms with Crippen LogP contribution in [0.2, 0.25) is 0 Å². The second kappa shape index (κ2) is 13.8. The SMILES string of the molecule is CCCCCCCCCC(C)CC(=O)N[C@@H](CCC(=O)O)C(=O)O. The molecule has 1 amide bonds. The number of unbranched alkanes of at least 4 members (excludes halogenated alkanes) is 6. The molecule has 0 aliphatic heterocycles. The number of carbonyl (C=O) groups excluding carboxylic acids is 1. The summed E-state index contributed by atoms with van der Waals surface area (Å²) >= 11 is 0. The highest BCUT2D eigenvalue weighted by Crippen LogP contribution is 2.15. The van der Waals surface area contributed by atoms with Gasteiger partial charge in [-0.25, -0.2) is 4.79 Å². The van der Waals surface area contributed by atoms with Crippen molar-refractivity contribution in [1.29, 1.82) is 0 Å². The first-order chi connectivity index (χ1) is 11.4. The van der Waals surface area contributed by atoms with Crippen LogP contribution in [0.25, 0.3) is 0 Å². The van der Waals surface area contributed by atoms with Crippen molar-refractivity contribution in [2.75, 3.05) is 0 Å². The third-order valence-electron chi connectivity index (χ3n) is 4.11. The molecule has 24 heavy (non-hydrogen) atoms. The fourth-order valence-corrected chi connectivity index (χ4v) is 2.65. The maximum absolute atomic E-state index is 11.9. The van der Waals surface area contributed by atoms with E-state index in [1.165, 1.54) is 38.5 Å². The van der Waals surface area contributed by atoms with Gasteiger partial charge in [-0.05, 0) is 12.3 Å². The van der Waals surface area contributed by atoms with E-state index in [9.17, 15) is 14.4 Å². The van der Waals surface area contributed by atoms with Gasteiger partial charge in [-0.3, -0.25) is 9.59 Å². The zero-order valence-electron chi connectivity index (χ0n) is 15.1. The maximum atomic E-state index is 11.9. The van der Waals surface area contributed by atoms with E-state index in [0.717, 1.165) is 12.8 Å². The van der Waals surface area contributed by atoms with Crippen molar-refractivity contribution in [3.8, 4) is 0 Å². The van der Waals surface area contributed by atoms with Gasteiger partial charge in [0.1, 0.15) is 6.04 Å². The number of rotatable bonds is 15. The zero-order valence-corrected chi connectivity index (χ0v) is 15.1. The van der Waals surface area contributed by atoms with E-state index in [2.05, 4.69) is 12.2 Å². The topological polar surface area (TPSA) is 104 Å². The van der Waals surface area contributed by atoms with E-state index >= 15 is 0 Å². The number of carbonyl (C=O) groups is 3. The summed E-state index contributed by atoms with van der Waals surface area (Å²) in [5.74, 6) is -2.37. The molecule has 0 spiro atoms. The molecular formula is C18H33NO5. The number of amides is 1. The van der Waals surface area contributed by atoms with E-state index in [4.69, 9.17) is 10.2 Å². The van der Waals surface area contributed by atoms with E-state index in [1.54, 1.807) is 0 Å². The van der Waals surface area contributed by atoms with Gasteiger partial charge in [-0.2, -0.15) is 0 Å². The van der Waals surface area contributed by atoms with Crippen molar-refractivity contribution in [3.05, 3.63) is 0 Å². The Morgan fingerprint density at radius 3 is 2.04 bits per heavy atom. The molecule has 3 N–H and O–H groups in total. The average Bonchev–Trinajstić information content (AvgIpc) is 2.50. The summed E-state index contributed by atoms with van der Waals surface area (Å²) in [7, 11) is 0. The molecule has 0 rings (SSSR count). The van der Waals surface area contributed by atoms with Gasteiger partial charge in [0, 0.05) is 12.8 Å². The fourth-order valence-electron chi connectivity index (χ4n) is 2.65. The molecular weight excluding hydrogens is 310 g/mol. The zero-order chi connectivity index (χ0) is 18.4. The lowest BCUT2D eigenvalue weighted by Crippen LogP contribution is -2.41. The Labute approximate surface area is 145 Å². The lowest BCUT2D eigenvalue weighted by atomic mass is 9.98. The number of aliphatic carboxylic acids is 2. The van der Waals surface area contributed by atoms with Crippen LogP contribution in [-0.2, 0) is 14.4 Å². The van der Waals surface area contributed by atoms with Gasteiger partial charge in [-0.15, -0.1) is 0 Å². The molecule has 0 aromatic heterocycles. The Hall–Kier alpha value is -1.59. The van der Waals surface area contributed by atoms with Crippen molar-refractivity contribution in [1.82, 2.24) is 5.32 Å². The van der Waals surface area contributed by atoms with Gasteiger partial charge >= 0.3 is 11.9 Å². The smallest absolute Gasteiger partial charge is 0.326 e. The van der Waals surface area contributed by atoms with Crippen LogP contribution in [0.5, 0.6) is 0 Å². The van der Waals surface area contributed by atoms with Gasteiger partial charge in [0.15, 0.2) is 0 Å². The van der Waals surface area contributed by atoms with Crippen LogP contribution in [0.1, 0.15) is 84.5 Å². The number of carboxylic acid groups (broad SMARTS) is 2. The molecule has 140 valence electrons. The molecule has 0 aromatic carbocycles. The third kappa shape index (κ3) is 12.9. The van der Waals surface area contributed by atoms with Gasteiger partial charge < -0.3 is 15.5 Å². The minimum Gasteiger partial charge on any atom is -0.481 e. The van der Waals surface area contributed by atoms with Gasteiger partial charge in [0.05, 0.1) is 0 Å². The minimum atomic E-state index is -1.19. The van der Waals surface area contributed by atoms with Crippen LogP contribution < -0.4 is 5.32 Å². The number of carboxylic acids is 2. The average molecular weight is 343 g/mol. The molecule has 2 atom stereocenters. The molecule has 0 aliphatic rings. The summed E-state index contributed by atoms with van der Waals surface area (Å²) in [4.78, 5) is 33.5. The molecule has 0 heterocycles. The summed E-state index contributed by atoms with van der Waals surface area (Å²) in [6.45, 7) is 4.19. The molecule has 0 radical (unpaired) electrons. The van der Waals surface area contributed by atoms with Crippen LogP contribution in [-0.4, -0.2) is 34.1 Å². The Kier molecular flexibility index (Phi) is 12.9. The lowest BCUT2D eigenvalue weighted by Gasteiger charge is -2.16. The van der Waals surface area contributed by atoms with Crippen LogP contribution in [0.15, 0.2) is 0 Å². The predicted octanol–water partition coefficient (Wildman–Crippen LogP) is 3.59. The van der Waals surface area contributed by atoms with Crippen LogP contribution in [0.4, 0.5) is 0 Å². The molecule has 6 heteroatoms. The first kappa shape index (κ1) is 22.4. The highest BCUT2D eigenvalue weighted by atomic mass is 16.4. The summed E-state index contributed by atoms with van der Waals surface area (Å²) in [5, 5.41) is 20.1. The van der Waals surface area contributed by atoms with Crippen molar-refractivity contribution in [3.63, 3.8) is 0 Å². The van der Waals surface area contributed by atoms with Crippen LogP contribution >= 0.6 is 0 Å². The van der Waals surface area contributed by atoms with Crippen LogP contribution in [0.3, 0.4) is 0 Å². The highest BCUT2D eigenvalue weighted by molar-refractivity contribution is 5.84. The van der Waals surface area contributed by atoms with E-state index in [0.29, 0.717) is 0 Å². The second-order valence-electron chi connectivity index (χ2n) is 6.61. The maximum Gasteiger partial charge on any atom is 0.326 e. The molecule has 0 saturated heterocycles. The molecule has 1 unspecified atom stereocenters. The fraction of sp³-hybridized carbons (Fsp3) is 0.833. The summed E-state index contributed by atoms with van der Waals surface area (Å²) < 4.78 is 0. The first-order valence-corrected chi connectivity index (χ1v) is 9.10. The summed E-state index contributed by atoms with van der Waals surface area (Å²) in [6, 6.07) is -1.13. The minimum absolute atomic E-state index is 0.0947. The Morgan fingerprint density at radius 2 is 1.50 bits per heavy atom.